The van der Waals surface area contributed by atoms with Crippen LogP contribution in [-0.2, 0) is 0 Å². The van der Waals surface area contributed by atoms with Crippen LogP contribution in [0.5, 0.6) is 0 Å². The number of rotatable bonds is 0. The van der Waals surface area contributed by atoms with Crippen molar-refractivity contribution in [3.8, 4) is 0 Å². The molecule has 0 aromatic heterocycles. The summed E-state index contributed by atoms with van der Waals surface area (Å²) < 4.78 is 0. The van der Waals surface area contributed by atoms with Gasteiger partial charge in [0.1, 0.15) is 0 Å². The first-order valence-corrected chi connectivity index (χ1v) is 5.45. The summed E-state index contributed by atoms with van der Waals surface area (Å²) in [4.78, 5) is 4.60. The van der Waals surface area contributed by atoms with Crippen LogP contribution in [0.25, 0.3) is 0 Å². The zero-order valence-corrected chi connectivity index (χ0v) is 9.96. The van der Waals surface area contributed by atoms with E-state index in [0.29, 0.717) is 0 Å². The SMILES string of the molecule is CC1=CCC(=C2C=CC(N)=C(C)N2)N=C1C. The van der Waals surface area contributed by atoms with E-state index >= 15 is 0 Å². The molecule has 0 atom stereocenters. The third-order valence-electron chi connectivity index (χ3n) is 2.97. The van der Waals surface area contributed by atoms with Crippen molar-refractivity contribution in [3.63, 3.8) is 0 Å². The van der Waals surface area contributed by atoms with Gasteiger partial charge in [0, 0.05) is 17.8 Å². The largest absolute Gasteiger partial charge is 0.397 e. The minimum Gasteiger partial charge on any atom is -0.397 e. The van der Waals surface area contributed by atoms with E-state index < -0.39 is 0 Å². The fraction of sp³-hybridized carbons (Fsp3) is 0.308. The van der Waals surface area contributed by atoms with Crippen molar-refractivity contribution in [3.05, 3.63) is 46.6 Å². The number of nitrogens with two attached hydrogens (primary N) is 1. The maximum absolute atomic E-state index is 5.78. The van der Waals surface area contributed by atoms with E-state index in [1.807, 2.05) is 26.0 Å². The second-order valence-corrected chi connectivity index (χ2v) is 4.19. The third-order valence-corrected chi connectivity index (χ3v) is 2.97. The van der Waals surface area contributed by atoms with Gasteiger partial charge in [-0.25, -0.2) is 0 Å². The molecular weight excluding hydrogens is 198 g/mol. The van der Waals surface area contributed by atoms with E-state index in [9.17, 15) is 0 Å². The molecule has 0 saturated carbocycles. The van der Waals surface area contributed by atoms with Crippen LogP contribution >= 0.6 is 0 Å². The first-order chi connectivity index (χ1) is 7.58. The van der Waals surface area contributed by atoms with Crippen molar-refractivity contribution in [2.75, 3.05) is 0 Å². The Hall–Kier alpha value is -1.77. The molecule has 0 saturated heterocycles. The topological polar surface area (TPSA) is 50.4 Å². The number of hydrogen-bond donors (Lipinski definition) is 2. The molecule has 0 fully saturated rings. The summed E-state index contributed by atoms with van der Waals surface area (Å²) in [6.07, 6.45) is 6.99. The van der Waals surface area contributed by atoms with E-state index in [1.165, 1.54) is 5.57 Å². The van der Waals surface area contributed by atoms with Gasteiger partial charge >= 0.3 is 0 Å². The van der Waals surface area contributed by atoms with E-state index in [1.54, 1.807) is 0 Å². The van der Waals surface area contributed by atoms with Gasteiger partial charge in [-0.1, -0.05) is 6.08 Å². The van der Waals surface area contributed by atoms with Gasteiger partial charge < -0.3 is 11.1 Å². The highest BCUT2D eigenvalue weighted by Gasteiger charge is 2.12. The highest BCUT2D eigenvalue weighted by molar-refractivity contribution is 5.99. The van der Waals surface area contributed by atoms with E-state index in [-0.39, 0.29) is 0 Å². The predicted octanol–water partition coefficient (Wildman–Crippen LogP) is 2.36. The van der Waals surface area contributed by atoms with E-state index in [2.05, 4.69) is 23.3 Å². The Morgan fingerprint density at radius 1 is 1.25 bits per heavy atom. The molecule has 2 heterocycles. The summed E-state index contributed by atoms with van der Waals surface area (Å²) in [6, 6.07) is 0. The van der Waals surface area contributed by atoms with Crippen molar-refractivity contribution in [2.24, 2.45) is 10.7 Å². The lowest BCUT2D eigenvalue weighted by molar-refractivity contribution is 0.912. The van der Waals surface area contributed by atoms with Gasteiger partial charge in [-0.05, 0) is 38.5 Å². The maximum atomic E-state index is 5.78. The smallest absolute Gasteiger partial charge is 0.0679 e. The Kier molecular flexibility index (Phi) is 2.69. The Balaban J connectivity index is 2.31. The molecule has 2 aliphatic rings. The second-order valence-electron chi connectivity index (χ2n) is 4.19. The number of nitrogens with one attached hydrogen (secondary N) is 1. The first-order valence-electron chi connectivity index (χ1n) is 5.45. The molecule has 0 bridgehead atoms. The molecule has 0 spiro atoms. The van der Waals surface area contributed by atoms with Crippen molar-refractivity contribution in [2.45, 2.75) is 27.2 Å². The van der Waals surface area contributed by atoms with E-state index in [4.69, 9.17) is 5.73 Å². The van der Waals surface area contributed by atoms with Gasteiger partial charge in [0.2, 0.25) is 0 Å². The summed E-state index contributed by atoms with van der Waals surface area (Å²) in [5.41, 5.74) is 12.0. The van der Waals surface area contributed by atoms with Gasteiger partial charge in [0.15, 0.2) is 0 Å². The van der Waals surface area contributed by atoms with Crippen LogP contribution in [-0.4, -0.2) is 5.71 Å². The molecule has 0 aromatic rings. The quantitative estimate of drug-likeness (QED) is 0.651. The minimum atomic E-state index is 0.785. The fourth-order valence-corrected chi connectivity index (χ4v) is 1.69. The molecule has 2 rings (SSSR count). The fourth-order valence-electron chi connectivity index (χ4n) is 1.69. The maximum Gasteiger partial charge on any atom is 0.0679 e. The standard InChI is InChI=1S/C13H17N3/c1-8-4-6-12(15-9(8)2)13-7-5-11(14)10(3)16-13/h4-5,7,16H,6,14H2,1-3H3. The normalized spacial score (nSPS) is 25.2. The average molecular weight is 215 g/mol. The second kappa shape index (κ2) is 4.00. The van der Waals surface area contributed by atoms with Crippen LogP contribution in [0.3, 0.4) is 0 Å². The lowest BCUT2D eigenvalue weighted by Gasteiger charge is -2.19. The Labute approximate surface area is 96.1 Å². The molecule has 0 amide bonds. The molecule has 3 heteroatoms. The molecule has 0 aromatic carbocycles. The van der Waals surface area contributed by atoms with Crippen molar-refractivity contribution < 1.29 is 0 Å². The number of dihydropyridines is 2. The summed E-state index contributed by atoms with van der Waals surface area (Å²) in [5, 5.41) is 3.28. The van der Waals surface area contributed by atoms with Gasteiger partial charge in [0.05, 0.1) is 17.1 Å². The molecule has 3 N–H and O–H groups in total. The number of aliphatic imine (C=N–C) groups is 1. The Bertz CT molecular complexity index is 473. The van der Waals surface area contributed by atoms with Crippen LogP contribution in [0.2, 0.25) is 0 Å². The predicted molar refractivity (Wildman–Crippen MR) is 67.7 cm³/mol. The molecule has 0 aliphatic carbocycles. The van der Waals surface area contributed by atoms with Crippen LogP contribution in [0.15, 0.2) is 51.6 Å². The van der Waals surface area contributed by atoms with E-state index in [0.717, 1.165) is 34.9 Å². The van der Waals surface area contributed by atoms with Crippen LogP contribution in [0.1, 0.15) is 27.2 Å². The average Bonchev–Trinajstić information content (AvgIpc) is 2.26. The number of hydrogen-bond acceptors (Lipinski definition) is 3. The Morgan fingerprint density at radius 2 is 2.00 bits per heavy atom. The molecule has 16 heavy (non-hydrogen) atoms. The monoisotopic (exact) mass is 215 g/mol. The minimum absolute atomic E-state index is 0.785. The Morgan fingerprint density at radius 3 is 2.62 bits per heavy atom. The van der Waals surface area contributed by atoms with Gasteiger partial charge in [-0.3, -0.25) is 4.99 Å². The number of nitrogens with zero attached hydrogens (tertiary/aromatic N) is 1. The zero-order chi connectivity index (χ0) is 11.7. The van der Waals surface area contributed by atoms with Gasteiger partial charge in [-0.15, -0.1) is 0 Å². The van der Waals surface area contributed by atoms with Gasteiger partial charge in [-0.2, -0.15) is 0 Å². The van der Waals surface area contributed by atoms with Crippen LogP contribution in [0.4, 0.5) is 0 Å². The van der Waals surface area contributed by atoms with Gasteiger partial charge in [0.25, 0.3) is 0 Å². The first kappa shape index (κ1) is 10.7. The third kappa shape index (κ3) is 1.94. The summed E-state index contributed by atoms with van der Waals surface area (Å²) >= 11 is 0. The highest BCUT2D eigenvalue weighted by atomic mass is 14.9. The summed E-state index contributed by atoms with van der Waals surface area (Å²) in [7, 11) is 0. The molecule has 84 valence electrons. The van der Waals surface area contributed by atoms with Crippen LogP contribution in [0, 0.1) is 0 Å². The highest BCUT2D eigenvalue weighted by Crippen LogP contribution is 2.21. The number of allylic oxidation sites excluding steroid dienone is 5. The van der Waals surface area contributed by atoms with Crippen molar-refractivity contribution >= 4 is 5.71 Å². The molecular formula is C13H17N3. The van der Waals surface area contributed by atoms with Crippen molar-refractivity contribution in [1.82, 2.24) is 5.32 Å². The van der Waals surface area contributed by atoms with Crippen molar-refractivity contribution in [1.29, 1.82) is 0 Å². The zero-order valence-electron chi connectivity index (χ0n) is 9.96. The summed E-state index contributed by atoms with van der Waals surface area (Å²) in [6.45, 7) is 6.10. The lowest BCUT2D eigenvalue weighted by Crippen LogP contribution is -2.20. The summed E-state index contributed by atoms with van der Waals surface area (Å²) in [5.74, 6) is 0. The molecule has 2 aliphatic heterocycles. The lowest BCUT2D eigenvalue weighted by atomic mass is 10.1. The molecule has 0 radical (unpaired) electrons. The van der Waals surface area contributed by atoms with Crippen LogP contribution < -0.4 is 11.1 Å². The molecule has 3 nitrogen and oxygen atoms in total. The molecule has 0 unspecified atom stereocenters.